The molecule has 0 radical (unpaired) electrons. The van der Waals surface area contributed by atoms with Gasteiger partial charge in [0, 0.05) is 6.54 Å². The van der Waals surface area contributed by atoms with Gasteiger partial charge in [-0.1, -0.05) is 40.5 Å². The lowest BCUT2D eigenvalue weighted by Crippen LogP contribution is -2.64. The topological polar surface area (TPSA) is 66.5 Å². The van der Waals surface area contributed by atoms with Crippen molar-refractivity contribution >= 4 is 17.8 Å². The number of carbonyl (C=O) groups is 3. The first-order valence-corrected chi connectivity index (χ1v) is 7.36. The molecule has 1 heterocycles. The van der Waals surface area contributed by atoms with Crippen LogP contribution < -0.4 is 5.32 Å². The van der Waals surface area contributed by atoms with Crippen LogP contribution in [0.2, 0.25) is 0 Å². The highest BCUT2D eigenvalue weighted by molar-refractivity contribution is 6.19. The maximum atomic E-state index is 12.7. The summed E-state index contributed by atoms with van der Waals surface area (Å²) in [6, 6.07) is -0.561. The summed E-state index contributed by atoms with van der Waals surface area (Å²) in [7, 11) is 0. The van der Waals surface area contributed by atoms with Crippen molar-refractivity contribution in [3.05, 3.63) is 0 Å². The fourth-order valence-corrected chi connectivity index (χ4v) is 2.86. The quantitative estimate of drug-likeness (QED) is 0.789. The third-order valence-electron chi connectivity index (χ3n) is 4.95. The first-order valence-electron chi connectivity index (χ1n) is 7.36. The van der Waals surface area contributed by atoms with Crippen LogP contribution in [0.25, 0.3) is 0 Å². The predicted octanol–water partition coefficient (Wildman–Crippen LogP) is 2.31. The Hall–Kier alpha value is -1.39. The minimum absolute atomic E-state index is 0.00482. The zero-order chi connectivity index (χ0) is 15.1. The SMILES string of the molecule is CC(CN1C(=O)NC(=O)C2(CCCC2)C1=O)C(C)(C)C. The number of hydrogen-bond acceptors (Lipinski definition) is 3. The van der Waals surface area contributed by atoms with Gasteiger partial charge in [0.2, 0.25) is 11.8 Å². The number of hydrogen-bond donors (Lipinski definition) is 1. The number of nitrogens with one attached hydrogen (secondary N) is 1. The normalized spacial score (nSPS) is 24.2. The van der Waals surface area contributed by atoms with E-state index in [4.69, 9.17) is 0 Å². The van der Waals surface area contributed by atoms with Crippen molar-refractivity contribution in [3.63, 3.8) is 0 Å². The molecule has 0 aromatic carbocycles. The molecule has 2 aliphatic rings. The molecular formula is C15H24N2O3. The van der Waals surface area contributed by atoms with Crippen molar-refractivity contribution in [1.82, 2.24) is 10.2 Å². The molecule has 1 saturated heterocycles. The Morgan fingerprint density at radius 1 is 1.20 bits per heavy atom. The van der Waals surface area contributed by atoms with Crippen molar-refractivity contribution in [2.45, 2.75) is 53.4 Å². The Labute approximate surface area is 120 Å². The van der Waals surface area contributed by atoms with Gasteiger partial charge in [-0.3, -0.25) is 19.8 Å². The molecule has 2 fully saturated rings. The zero-order valence-electron chi connectivity index (χ0n) is 12.8. The molecule has 112 valence electrons. The maximum Gasteiger partial charge on any atom is 0.330 e. The standard InChI is InChI=1S/C15H24N2O3/c1-10(14(2,3)4)9-17-12(19)15(7-5-6-8-15)11(18)16-13(17)20/h10H,5-9H2,1-4H3,(H,16,18,20). The van der Waals surface area contributed by atoms with E-state index in [9.17, 15) is 14.4 Å². The summed E-state index contributed by atoms with van der Waals surface area (Å²) >= 11 is 0. The number of urea groups is 1. The van der Waals surface area contributed by atoms with E-state index in [1.165, 1.54) is 4.90 Å². The minimum atomic E-state index is -0.981. The number of rotatable bonds is 2. The average Bonchev–Trinajstić information content (AvgIpc) is 2.82. The fraction of sp³-hybridized carbons (Fsp3) is 0.800. The van der Waals surface area contributed by atoms with E-state index < -0.39 is 17.4 Å². The second kappa shape index (κ2) is 4.86. The number of barbiturate groups is 1. The summed E-state index contributed by atoms with van der Waals surface area (Å²) < 4.78 is 0. The van der Waals surface area contributed by atoms with Crippen LogP contribution in [0.15, 0.2) is 0 Å². The molecule has 1 unspecified atom stereocenters. The van der Waals surface area contributed by atoms with Gasteiger partial charge in [0.25, 0.3) is 0 Å². The van der Waals surface area contributed by atoms with Gasteiger partial charge in [-0.15, -0.1) is 0 Å². The Morgan fingerprint density at radius 3 is 2.25 bits per heavy atom. The van der Waals surface area contributed by atoms with Gasteiger partial charge in [-0.05, 0) is 24.2 Å². The van der Waals surface area contributed by atoms with E-state index in [1.807, 2.05) is 6.92 Å². The molecule has 0 aromatic heterocycles. The third kappa shape index (κ3) is 2.34. The van der Waals surface area contributed by atoms with Crippen LogP contribution in [-0.2, 0) is 9.59 Å². The lowest BCUT2D eigenvalue weighted by Gasteiger charge is -2.39. The lowest BCUT2D eigenvalue weighted by molar-refractivity contribution is -0.151. The van der Waals surface area contributed by atoms with Crippen LogP contribution in [0.1, 0.15) is 53.4 Å². The molecular weight excluding hydrogens is 256 g/mol. The van der Waals surface area contributed by atoms with Crippen molar-refractivity contribution in [2.24, 2.45) is 16.7 Å². The Bertz CT molecular complexity index is 445. The lowest BCUT2D eigenvalue weighted by atomic mass is 9.79. The summed E-state index contributed by atoms with van der Waals surface area (Å²) in [6.07, 6.45) is 2.86. The molecule has 2 rings (SSSR count). The van der Waals surface area contributed by atoms with Crippen LogP contribution in [0, 0.1) is 16.7 Å². The van der Waals surface area contributed by atoms with Crippen LogP contribution in [0.3, 0.4) is 0 Å². The molecule has 0 bridgehead atoms. The van der Waals surface area contributed by atoms with E-state index >= 15 is 0 Å². The van der Waals surface area contributed by atoms with Crippen molar-refractivity contribution in [1.29, 1.82) is 0 Å². The molecule has 5 heteroatoms. The molecule has 1 saturated carbocycles. The largest absolute Gasteiger partial charge is 0.330 e. The Morgan fingerprint density at radius 2 is 1.75 bits per heavy atom. The first-order chi connectivity index (χ1) is 9.18. The number of carbonyl (C=O) groups excluding carboxylic acids is 3. The zero-order valence-corrected chi connectivity index (χ0v) is 12.8. The summed E-state index contributed by atoms with van der Waals surface area (Å²) in [4.78, 5) is 38.0. The molecule has 4 amide bonds. The smallest absolute Gasteiger partial charge is 0.277 e. The minimum Gasteiger partial charge on any atom is -0.277 e. The fourth-order valence-electron chi connectivity index (χ4n) is 2.86. The van der Waals surface area contributed by atoms with Crippen molar-refractivity contribution in [3.8, 4) is 0 Å². The maximum absolute atomic E-state index is 12.7. The van der Waals surface area contributed by atoms with Gasteiger partial charge in [-0.25, -0.2) is 4.79 Å². The highest BCUT2D eigenvalue weighted by Gasteiger charge is 2.55. The van der Waals surface area contributed by atoms with Gasteiger partial charge in [0.1, 0.15) is 5.41 Å². The molecule has 1 atom stereocenters. The van der Waals surface area contributed by atoms with Gasteiger partial charge in [0.15, 0.2) is 0 Å². The summed E-state index contributed by atoms with van der Waals surface area (Å²) in [5.41, 5.74) is -0.976. The van der Waals surface area contributed by atoms with Crippen LogP contribution in [0.5, 0.6) is 0 Å². The highest BCUT2D eigenvalue weighted by atomic mass is 16.2. The highest BCUT2D eigenvalue weighted by Crippen LogP contribution is 2.42. The van der Waals surface area contributed by atoms with E-state index in [0.717, 1.165) is 12.8 Å². The van der Waals surface area contributed by atoms with Gasteiger partial charge in [-0.2, -0.15) is 0 Å². The Kier molecular flexibility index (Phi) is 3.65. The predicted molar refractivity (Wildman–Crippen MR) is 74.8 cm³/mol. The second-order valence-corrected chi connectivity index (χ2v) is 7.23. The van der Waals surface area contributed by atoms with E-state index in [-0.39, 0.29) is 17.2 Å². The van der Waals surface area contributed by atoms with Crippen LogP contribution in [0.4, 0.5) is 4.79 Å². The Balaban J connectivity index is 2.22. The van der Waals surface area contributed by atoms with Gasteiger partial charge in [0.05, 0.1) is 0 Å². The number of nitrogens with zero attached hydrogens (tertiary/aromatic N) is 1. The molecule has 20 heavy (non-hydrogen) atoms. The summed E-state index contributed by atoms with van der Waals surface area (Å²) in [5, 5.41) is 2.38. The first kappa shape index (κ1) is 15.0. The molecule has 0 aromatic rings. The van der Waals surface area contributed by atoms with Crippen molar-refractivity contribution in [2.75, 3.05) is 6.54 Å². The molecule has 1 aliphatic carbocycles. The van der Waals surface area contributed by atoms with E-state index in [2.05, 4.69) is 26.1 Å². The van der Waals surface area contributed by atoms with E-state index in [1.54, 1.807) is 0 Å². The monoisotopic (exact) mass is 280 g/mol. The third-order valence-corrected chi connectivity index (χ3v) is 4.95. The van der Waals surface area contributed by atoms with Gasteiger partial charge >= 0.3 is 6.03 Å². The molecule has 5 nitrogen and oxygen atoms in total. The number of imide groups is 2. The van der Waals surface area contributed by atoms with E-state index in [0.29, 0.717) is 19.4 Å². The van der Waals surface area contributed by atoms with Crippen LogP contribution in [-0.4, -0.2) is 29.3 Å². The second-order valence-electron chi connectivity index (χ2n) is 7.23. The average molecular weight is 280 g/mol. The summed E-state index contributed by atoms with van der Waals surface area (Å²) in [5.74, 6) is -0.520. The van der Waals surface area contributed by atoms with Crippen LogP contribution >= 0.6 is 0 Å². The molecule has 1 aliphatic heterocycles. The van der Waals surface area contributed by atoms with Crippen molar-refractivity contribution < 1.29 is 14.4 Å². The number of amides is 4. The summed E-state index contributed by atoms with van der Waals surface area (Å²) in [6.45, 7) is 8.64. The van der Waals surface area contributed by atoms with Gasteiger partial charge < -0.3 is 0 Å². The molecule has 1 N–H and O–H groups in total. The molecule has 1 spiro atoms.